The van der Waals surface area contributed by atoms with Crippen LogP contribution in [-0.2, 0) is 19.5 Å². The maximum Gasteiger partial charge on any atom is 0.275 e. The zero-order valence-corrected chi connectivity index (χ0v) is 15.4. The first-order valence-electron chi connectivity index (χ1n) is 9.16. The molecular weight excluding hydrogens is 380 g/mol. The number of pyridine rings is 1. The van der Waals surface area contributed by atoms with Gasteiger partial charge in [-0.15, -0.1) is 0 Å². The molecule has 0 saturated heterocycles. The number of nitrogens with one attached hydrogen (secondary N) is 1. The van der Waals surface area contributed by atoms with Gasteiger partial charge >= 0.3 is 0 Å². The van der Waals surface area contributed by atoms with Gasteiger partial charge in [-0.05, 0) is 18.6 Å². The fourth-order valence-corrected chi connectivity index (χ4v) is 3.34. The van der Waals surface area contributed by atoms with Crippen molar-refractivity contribution in [3.8, 4) is 0 Å². The Balaban J connectivity index is 1.53. The standard InChI is InChI=1S/C20H19F2N5O2/c21-13-2-1-12(16(22)7-13)8-27-10-15(4-6-19(27)28)24-20(29)17-11-26-9-14(23)3-5-18(26)25-17/h1-2,4,6-7,10-11,14H,3,5,8-9,23H2,(H,24,29). The van der Waals surface area contributed by atoms with Crippen LogP contribution in [0.2, 0.25) is 0 Å². The van der Waals surface area contributed by atoms with E-state index in [1.54, 1.807) is 6.20 Å². The number of carbonyl (C=O) groups excluding carboxylic acids is 1. The van der Waals surface area contributed by atoms with Crippen molar-refractivity contribution in [3.05, 3.63) is 81.8 Å². The first kappa shape index (κ1) is 19.0. The van der Waals surface area contributed by atoms with Crippen molar-refractivity contribution >= 4 is 11.6 Å². The number of fused-ring (bicyclic) bond motifs is 1. The number of amides is 1. The summed E-state index contributed by atoms with van der Waals surface area (Å²) in [5.74, 6) is -1.04. The molecule has 1 aliphatic rings. The molecule has 1 aliphatic heterocycles. The molecule has 1 atom stereocenters. The monoisotopic (exact) mass is 399 g/mol. The van der Waals surface area contributed by atoms with Crippen molar-refractivity contribution in [3.63, 3.8) is 0 Å². The topological polar surface area (TPSA) is 94.9 Å². The number of anilines is 1. The summed E-state index contributed by atoms with van der Waals surface area (Å²) in [5, 5.41) is 2.70. The molecule has 1 aromatic carbocycles. The molecule has 0 aliphatic carbocycles. The van der Waals surface area contributed by atoms with Crippen molar-refractivity contribution in [2.75, 3.05) is 5.32 Å². The highest BCUT2D eigenvalue weighted by molar-refractivity contribution is 6.02. The van der Waals surface area contributed by atoms with Gasteiger partial charge in [0.05, 0.1) is 12.2 Å². The molecule has 0 bridgehead atoms. The number of carbonyl (C=O) groups is 1. The van der Waals surface area contributed by atoms with Crippen LogP contribution in [0.1, 0.15) is 28.3 Å². The van der Waals surface area contributed by atoms with Crippen molar-refractivity contribution in [1.29, 1.82) is 0 Å². The van der Waals surface area contributed by atoms with Gasteiger partial charge in [0.25, 0.3) is 11.5 Å². The number of nitrogens with zero attached hydrogens (tertiary/aromatic N) is 3. The average molecular weight is 399 g/mol. The summed E-state index contributed by atoms with van der Waals surface area (Å²) < 4.78 is 30.1. The molecule has 7 nitrogen and oxygen atoms in total. The van der Waals surface area contributed by atoms with Crippen molar-refractivity contribution < 1.29 is 13.6 Å². The molecule has 1 amide bonds. The maximum atomic E-state index is 13.9. The van der Waals surface area contributed by atoms with Gasteiger partial charge in [0.1, 0.15) is 23.2 Å². The Hall–Kier alpha value is -3.33. The minimum absolute atomic E-state index is 0.0445. The summed E-state index contributed by atoms with van der Waals surface area (Å²) in [6.07, 6.45) is 4.61. The Kier molecular flexibility index (Phi) is 4.98. The van der Waals surface area contributed by atoms with Gasteiger partial charge in [-0.1, -0.05) is 6.07 Å². The molecule has 0 radical (unpaired) electrons. The predicted octanol–water partition coefficient (Wildman–Crippen LogP) is 1.90. The van der Waals surface area contributed by atoms with Crippen molar-refractivity contribution in [1.82, 2.24) is 14.1 Å². The highest BCUT2D eigenvalue weighted by Crippen LogP contribution is 2.16. The lowest BCUT2D eigenvalue weighted by molar-refractivity contribution is 0.102. The molecule has 1 unspecified atom stereocenters. The van der Waals surface area contributed by atoms with E-state index in [0.29, 0.717) is 18.7 Å². The Bertz CT molecular complexity index is 1140. The van der Waals surface area contributed by atoms with Gasteiger partial charge in [0.2, 0.25) is 0 Å². The third-order valence-corrected chi connectivity index (χ3v) is 4.86. The Labute approximate surface area is 164 Å². The SMILES string of the molecule is NC1CCc2nc(C(=O)Nc3ccc(=O)n(Cc4ccc(F)cc4F)c3)cn2C1. The number of hydrogen-bond acceptors (Lipinski definition) is 4. The molecule has 9 heteroatoms. The lowest BCUT2D eigenvalue weighted by Gasteiger charge is -2.19. The smallest absolute Gasteiger partial charge is 0.275 e. The van der Waals surface area contributed by atoms with Crippen molar-refractivity contribution in [2.24, 2.45) is 5.73 Å². The van der Waals surface area contributed by atoms with E-state index in [1.807, 2.05) is 4.57 Å². The van der Waals surface area contributed by atoms with Crippen LogP contribution in [0.15, 0.2) is 47.5 Å². The highest BCUT2D eigenvalue weighted by Gasteiger charge is 2.20. The third kappa shape index (κ3) is 4.09. The second-order valence-corrected chi connectivity index (χ2v) is 7.07. The zero-order chi connectivity index (χ0) is 20.5. The first-order chi connectivity index (χ1) is 13.9. The largest absolute Gasteiger partial charge is 0.333 e. The predicted molar refractivity (Wildman–Crippen MR) is 103 cm³/mol. The summed E-state index contributed by atoms with van der Waals surface area (Å²) in [7, 11) is 0. The van der Waals surface area contributed by atoms with Crippen LogP contribution in [0.25, 0.3) is 0 Å². The van der Waals surface area contributed by atoms with Crippen LogP contribution >= 0.6 is 0 Å². The molecule has 29 heavy (non-hydrogen) atoms. The van der Waals surface area contributed by atoms with Gasteiger partial charge in [-0.25, -0.2) is 13.8 Å². The van der Waals surface area contributed by atoms with Crippen LogP contribution in [0.5, 0.6) is 0 Å². The van der Waals surface area contributed by atoms with E-state index in [2.05, 4.69) is 10.3 Å². The number of aromatic nitrogens is 3. The summed E-state index contributed by atoms with van der Waals surface area (Å²) in [6.45, 7) is 0.523. The molecule has 3 N–H and O–H groups in total. The molecule has 4 rings (SSSR count). The molecule has 3 aromatic rings. The second kappa shape index (κ2) is 7.59. The van der Waals surface area contributed by atoms with E-state index in [9.17, 15) is 18.4 Å². The first-order valence-corrected chi connectivity index (χ1v) is 9.16. The lowest BCUT2D eigenvalue weighted by atomic mass is 10.1. The number of rotatable bonds is 4. The third-order valence-electron chi connectivity index (χ3n) is 4.86. The zero-order valence-electron chi connectivity index (χ0n) is 15.4. The maximum absolute atomic E-state index is 13.9. The fourth-order valence-electron chi connectivity index (χ4n) is 3.34. The number of imidazole rings is 1. The van der Waals surface area contributed by atoms with E-state index < -0.39 is 17.5 Å². The van der Waals surface area contributed by atoms with E-state index in [1.165, 1.54) is 29.0 Å². The quantitative estimate of drug-likeness (QED) is 0.701. The fraction of sp³-hybridized carbons (Fsp3) is 0.250. The Morgan fingerprint density at radius 1 is 1.24 bits per heavy atom. The van der Waals surface area contributed by atoms with Crippen LogP contribution in [0.4, 0.5) is 14.5 Å². The van der Waals surface area contributed by atoms with Gasteiger partial charge in [0.15, 0.2) is 0 Å². The van der Waals surface area contributed by atoms with Gasteiger partial charge in [0, 0.05) is 49.1 Å². The molecule has 150 valence electrons. The number of aryl methyl sites for hydroxylation is 1. The molecular formula is C20H19F2N5O2. The molecule has 0 saturated carbocycles. The molecule has 0 spiro atoms. The number of nitrogens with two attached hydrogens (primary N) is 1. The van der Waals surface area contributed by atoms with E-state index >= 15 is 0 Å². The van der Waals surface area contributed by atoms with Crippen LogP contribution in [0.3, 0.4) is 0 Å². The summed E-state index contributed by atoms with van der Waals surface area (Å²) in [5.41, 5.74) is 6.35. The Morgan fingerprint density at radius 3 is 2.86 bits per heavy atom. The summed E-state index contributed by atoms with van der Waals surface area (Å²) in [4.78, 5) is 29.0. The van der Waals surface area contributed by atoms with Gasteiger partial charge < -0.3 is 20.2 Å². The number of hydrogen-bond donors (Lipinski definition) is 2. The van der Waals surface area contributed by atoms with Gasteiger partial charge in [-0.3, -0.25) is 9.59 Å². The van der Waals surface area contributed by atoms with Crippen LogP contribution in [0, 0.1) is 11.6 Å². The number of halogens is 2. The van der Waals surface area contributed by atoms with E-state index in [-0.39, 0.29) is 29.4 Å². The minimum atomic E-state index is -0.742. The molecule has 3 heterocycles. The molecule has 0 fully saturated rings. The highest BCUT2D eigenvalue weighted by atomic mass is 19.1. The van der Waals surface area contributed by atoms with E-state index in [4.69, 9.17) is 5.73 Å². The van der Waals surface area contributed by atoms with Crippen LogP contribution in [-0.4, -0.2) is 26.1 Å². The average Bonchev–Trinajstić information content (AvgIpc) is 3.10. The summed E-state index contributed by atoms with van der Waals surface area (Å²) in [6, 6.07) is 5.95. The van der Waals surface area contributed by atoms with Crippen LogP contribution < -0.4 is 16.6 Å². The minimum Gasteiger partial charge on any atom is -0.333 e. The van der Waals surface area contributed by atoms with Crippen molar-refractivity contribution in [2.45, 2.75) is 32.0 Å². The Morgan fingerprint density at radius 2 is 2.07 bits per heavy atom. The lowest BCUT2D eigenvalue weighted by Crippen LogP contribution is -2.31. The second-order valence-electron chi connectivity index (χ2n) is 7.07. The van der Waals surface area contributed by atoms with Gasteiger partial charge in [-0.2, -0.15) is 0 Å². The number of benzene rings is 1. The molecule has 2 aromatic heterocycles. The summed E-state index contributed by atoms with van der Waals surface area (Å²) >= 11 is 0. The normalized spacial score (nSPS) is 15.8. The van der Waals surface area contributed by atoms with E-state index in [0.717, 1.165) is 24.4 Å².